The summed E-state index contributed by atoms with van der Waals surface area (Å²) in [6.45, 7) is 0. The molecular formula is C13H11N3O3S2. The van der Waals surface area contributed by atoms with Crippen molar-refractivity contribution in [2.45, 2.75) is 4.90 Å². The minimum absolute atomic E-state index is 0.144. The van der Waals surface area contributed by atoms with Crippen molar-refractivity contribution in [3.8, 4) is 5.75 Å². The highest BCUT2D eigenvalue weighted by Crippen LogP contribution is 2.22. The van der Waals surface area contributed by atoms with Crippen molar-refractivity contribution in [3.05, 3.63) is 42.5 Å². The Morgan fingerprint density at radius 2 is 1.90 bits per heavy atom. The van der Waals surface area contributed by atoms with Crippen molar-refractivity contribution in [2.75, 3.05) is 11.8 Å². The van der Waals surface area contributed by atoms with Crippen LogP contribution in [0.5, 0.6) is 5.75 Å². The number of hydrogen-bond donors (Lipinski definition) is 1. The first kappa shape index (κ1) is 13.8. The lowest BCUT2D eigenvalue weighted by molar-refractivity contribution is 0.415. The van der Waals surface area contributed by atoms with Crippen LogP contribution >= 0.6 is 11.7 Å². The lowest BCUT2D eigenvalue weighted by atomic mass is 10.3. The van der Waals surface area contributed by atoms with E-state index in [4.69, 9.17) is 4.74 Å². The minimum Gasteiger partial charge on any atom is -0.497 e. The standard InChI is InChI=1S/C13H11N3O3S2/c1-19-10-4-2-3-9(7-10)16-21(17,18)11-5-6-12-13(8-11)15-20-14-12/h2-8,16H,1H3. The zero-order valence-corrected chi connectivity index (χ0v) is 12.6. The quantitative estimate of drug-likeness (QED) is 0.798. The molecule has 0 radical (unpaired) electrons. The summed E-state index contributed by atoms with van der Waals surface area (Å²) < 4.78 is 40.4. The van der Waals surface area contributed by atoms with E-state index in [1.165, 1.54) is 19.2 Å². The number of nitrogens with zero attached hydrogens (tertiary/aromatic N) is 2. The van der Waals surface area contributed by atoms with Crippen LogP contribution in [0.3, 0.4) is 0 Å². The summed E-state index contributed by atoms with van der Waals surface area (Å²) in [7, 11) is -2.15. The summed E-state index contributed by atoms with van der Waals surface area (Å²) in [5, 5.41) is 0. The van der Waals surface area contributed by atoms with Crippen LogP contribution in [0.25, 0.3) is 11.0 Å². The molecular weight excluding hydrogens is 310 g/mol. The maximum absolute atomic E-state index is 12.4. The first-order valence-corrected chi connectivity index (χ1v) is 8.19. The molecule has 0 atom stereocenters. The van der Waals surface area contributed by atoms with E-state index in [0.29, 0.717) is 22.5 Å². The summed E-state index contributed by atoms with van der Waals surface area (Å²) in [5.41, 5.74) is 1.68. The van der Waals surface area contributed by atoms with Gasteiger partial charge in [0.25, 0.3) is 10.0 Å². The van der Waals surface area contributed by atoms with Gasteiger partial charge in [-0.25, -0.2) is 8.42 Å². The predicted molar refractivity (Wildman–Crippen MR) is 81.2 cm³/mol. The van der Waals surface area contributed by atoms with Gasteiger partial charge in [0, 0.05) is 6.07 Å². The fourth-order valence-electron chi connectivity index (χ4n) is 1.83. The lowest BCUT2D eigenvalue weighted by Gasteiger charge is -2.09. The number of fused-ring (bicyclic) bond motifs is 1. The normalized spacial score (nSPS) is 11.5. The van der Waals surface area contributed by atoms with Gasteiger partial charge in [0.05, 0.1) is 29.4 Å². The van der Waals surface area contributed by atoms with Gasteiger partial charge >= 0.3 is 0 Å². The molecule has 2 aromatic carbocycles. The molecule has 0 saturated carbocycles. The van der Waals surface area contributed by atoms with Gasteiger partial charge in [0.15, 0.2) is 0 Å². The zero-order valence-electron chi connectivity index (χ0n) is 11.0. The van der Waals surface area contributed by atoms with Crippen LogP contribution in [0.15, 0.2) is 47.4 Å². The van der Waals surface area contributed by atoms with E-state index >= 15 is 0 Å². The van der Waals surface area contributed by atoms with Crippen LogP contribution in [-0.2, 0) is 10.0 Å². The van der Waals surface area contributed by atoms with E-state index in [1.807, 2.05) is 0 Å². The van der Waals surface area contributed by atoms with E-state index in [9.17, 15) is 8.42 Å². The SMILES string of the molecule is COc1cccc(NS(=O)(=O)c2ccc3nsnc3c2)c1. The number of sulfonamides is 1. The molecule has 0 aliphatic rings. The predicted octanol–water partition coefficient (Wildman–Crippen LogP) is 2.50. The van der Waals surface area contributed by atoms with E-state index in [1.54, 1.807) is 30.3 Å². The average Bonchev–Trinajstić information content (AvgIpc) is 2.94. The van der Waals surface area contributed by atoms with Gasteiger partial charge in [-0.15, -0.1) is 0 Å². The minimum atomic E-state index is -3.68. The first-order chi connectivity index (χ1) is 10.1. The third kappa shape index (κ3) is 2.81. The van der Waals surface area contributed by atoms with Gasteiger partial charge in [0.1, 0.15) is 16.8 Å². The number of nitrogens with one attached hydrogen (secondary N) is 1. The fourth-order valence-corrected chi connectivity index (χ4v) is 3.42. The molecule has 3 rings (SSSR count). The summed E-state index contributed by atoms with van der Waals surface area (Å²) in [6.07, 6.45) is 0. The maximum atomic E-state index is 12.4. The topological polar surface area (TPSA) is 81.2 Å². The Morgan fingerprint density at radius 3 is 2.71 bits per heavy atom. The van der Waals surface area contributed by atoms with Crippen LogP contribution in [0.4, 0.5) is 5.69 Å². The van der Waals surface area contributed by atoms with Crippen LogP contribution in [-0.4, -0.2) is 24.3 Å². The molecule has 0 aliphatic heterocycles. The fraction of sp³-hybridized carbons (Fsp3) is 0.0769. The van der Waals surface area contributed by atoms with E-state index in [-0.39, 0.29) is 4.90 Å². The van der Waals surface area contributed by atoms with Crippen LogP contribution in [0, 0.1) is 0 Å². The molecule has 1 aromatic heterocycles. The Kier molecular flexibility index (Phi) is 3.48. The van der Waals surface area contributed by atoms with Crippen LogP contribution in [0.2, 0.25) is 0 Å². The van der Waals surface area contributed by atoms with Gasteiger partial charge in [-0.2, -0.15) is 8.75 Å². The van der Waals surface area contributed by atoms with E-state index in [0.717, 1.165) is 11.7 Å². The molecule has 3 aromatic rings. The molecule has 21 heavy (non-hydrogen) atoms. The highest BCUT2D eigenvalue weighted by molar-refractivity contribution is 7.92. The maximum Gasteiger partial charge on any atom is 0.261 e. The Bertz CT molecular complexity index is 890. The number of aromatic nitrogens is 2. The highest BCUT2D eigenvalue weighted by atomic mass is 32.2. The van der Waals surface area contributed by atoms with Crippen molar-refractivity contribution >= 4 is 38.5 Å². The van der Waals surface area contributed by atoms with Gasteiger partial charge in [-0.3, -0.25) is 4.72 Å². The number of ether oxygens (including phenoxy) is 1. The second kappa shape index (κ2) is 5.30. The second-order valence-corrected chi connectivity index (χ2v) is 6.46. The molecule has 0 unspecified atom stereocenters. The number of anilines is 1. The second-order valence-electron chi connectivity index (χ2n) is 4.25. The molecule has 6 nitrogen and oxygen atoms in total. The molecule has 0 fully saturated rings. The Hall–Kier alpha value is -2.19. The van der Waals surface area contributed by atoms with E-state index < -0.39 is 10.0 Å². The van der Waals surface area contributed by atoms with Gasteiger partial charge < -0.3 is 4.74 Å². The third-order valence-corrected chi connectivity index (χ3v) is 4.79. The number of methoxy groups -OCH3 is 1. The van der Waals surface area contributed by atoms with Gasteiger partial charge in [0.2, 0.25) is 0 Å². The van der Waals surface area contributed by atoms with Crippen molar-refractivity contribution < 1.29 is 13.2 Å². The summed E-state index contributed by atoms with van der Waals surface area (Å²) in [4.78, 5) is 0.144. The highest BCUT2D eigenvalue weighted by Gasteiger charge is 2.16. The molecule has 0 spiro atoms. The summed E-state index contributed by atoms with van der Waals surface area (Å²) in [5.74, 6) is 0.578. The monoisotopic (exact) mass is 321 g/mol. The Labute approximate surface area is 125 Å². The van der Waals surface area contributed by atoms with Crippen molar-refractivity contribution in [3.63, 3.8) is 0 Å². The number of benzene rings is 2. The summed E-state index contributed by atoms with van der Waals surface area (Å²) >= 11 is 1.05. The molecule has 0 bridgehead atoms. The van der Waals surface area contributed by atoms with Crippen molar-refractivity contribution in [2.24, 2.45) is 0 Å². The van der Waals surface area contributed by atoms with Gasteiger partial charge in [-0.05, 0) is 30.3 Å². The number of hydrogen-bond acceptors (Lipinski definition) is 6. The lowest BCUT2D eigenvalue weighted by Crippen LogP contribution is -2.12. The Morgan fingerprint density at radius 1 is 1.10 bits per heavy atom. The molecule has 1 N–H and O–H groups in total. The largest absolute Gasteiger partial charge is 0.497 e. The average molecular weight is 321 g/mol. The summed E-state index contributed by atoms with van der Waals surface area (Å²) in [6, 6.07) is 11.4. The molecule has 8 heteroatoms. The molecule has 0 amide bonds. The zero-order chi connectivity index (χ0) is 14.9. The molecule has 0 saturated heterocycles. The van der Waals surface area contributed by atoms with Crippen molar-refractivity contribution in [1.29, 1.82) is 0 Å². The molecule has 108 valence electrons. The van der Waals surface area contributed by atoms with Crippen LogP contribution < -0.4 is 9.46 Å². The number of rotatable bonds is 4. The molecule has 0 aliphatic carbocycles. The molecule has 1 heterocycles. The van der Waals surface area contributed by atoms with Crippen molar-refractivity contribution in [1.82, 2.24) is 8.75 Å². The van der Waals surface area contributed by atoms with Gasteiger partial charge in [-0.1, -0.05) is 6.07 Å². The van der Waals surface area contributed by atoms with Crippen LogP contribution in [0.1, 0.15) is 0 Å². The third-order valence-electron chi connectivity index (χ3n) is 2.86. The first-order valence-electron chi connectivity index (χ1n) is 5.98. The van der Waals surface area contributed by atoms with E-state index in [2.05, 4.69) is 13.5 Å². The Balaban J connectivity index is 1.95. The smallest absolute Gasteiger partial charge is 0.261 e.